The first-order valence-electron chi connectivity index (χ1n) is 7.16. The molecule has 2 aromatic rings. The highest BCUT2D eigenvalue weighted by Gasteiger charge is 2.14. The molecule has 1 aliphatic heterocycles. The van der Waals surface area contributed by atoms with Gasteiger partial charge in [0.1, 0.15) is 0 Å². The van der Waals surface area contributed by atoms with Crippen molar-refractivity contribution in [3.8, 4) is 0 Å². The molecular weight excluding hydrogens is 254 g/mol. The van der Waals surface area contributed by atoms with Gasteiger partial charge in [0, 0.05) is 12.6 Å². The lowest BCUT2D eigenvalue weighted by Gasteiger charge is -2.29. The number of para-hydroxylation sites is 1. The van der Waals surface area contributed by atoms with E-state index in [9.17, 15) is 0 Å². The van der Waals surface area contributed by atoms with Gasteiger partial charge in [-0.2, -0.15) is 0 Å². The zero-order valence-electron chi connectivity index (χ0n) is 11.4. The van der Waals surface area contributed by atoms with Crippen LogP contribution >= 0.6 is 11.3 Å². The summed E-state index contributed by atoms with van der Waals surface area (Å²) >= 11 is 1.75. The van der Waals surface area contributed by atoms with Crippen LogP contribution in [-0.4, -0.2) is 35.6 Å². The maximum atomic E-state index is 4.63. The summed E-state index contributed by atoms with van der Waals surface area (Å²) in [5, 5.41) is 4.59. The van der Waals surface area contributed by atoms with Crippen molar-refractivity contribution in [3.63, 3.8) is 0 Å². The number of likely N-dealkylation sites (tertiary alicyclic amines) is 1. The average molecular weight is 275 g/mol. The lowest BCUT2D eigenvalue weighted by Crippen LogP contribution is -2.38. The van der Waals surface area contributed by atoms with Crippen LogP contribution in [0.1, 0.15) is 26.2 Å². The predicted octanol–water partition coefficient (Wildman–Crippen LogP) is 3.58. The molecule has 0 spiro atoms. The largest absolute Gasteiger partial charge is 0.358 e. The summed E-state index contributed by atoms with van der Waals surface area (Å²) in [4.78, 5) is 7.20. The summed E-state index contributed by atoms with van der Waals surface area (Å²) in [5.74, 6) is 0. The Labute approximate surface area is 118 Å². The third kappa shape index (κ3) is 3.25. The van der Waals surface area contributed by atoms with E-state index in [4.69, 9.17) is 0 Å². The van der Waals surface area contributed by atoms with Gasteiger partial charge in [-0.25, -0.2) is 4.98 Å². The number of anilines is 1. The normalized spacial score (nSPS) is 18.6. The lowest BCUT2D eigenvalue weighted by molar-refractivity contribution is 0.223. The minimum atomic E-state index is 0.457. The number of benzene rings is 1. The summed E-state index contributed by atoms with van der Waals surface area (Å²) in [7, 11) is 0. The summed E-state index contributed by atoms with van der Waals surface area (Å²) in [5.41, 5.74) is 1.10. The van der Waals surface area contributed by atoms with Crippen molar-refractivity contribution in [1.82, 2.24) is 9.88 Å². The standard InChI is InChI=1S/C15H21N3S/c1-12(11-18-9-5-2-6-10-18)16-15-17-13-7-3-4-8-14(13)19-15/h3-4,7-8,12H,2,5-6,9-11H2,1H3,(H,16,17)/t12-/m0/s1. The fourth-order valence-electron chi connectivity index (χ4n) is 2.72. The number of hydrogen-bond donors (Lipinski definition) is 1. The summed E-state index contributed by atoms with van der Waals surface area (Å²) in [6.45, 7) is 5.88. The van der Waals surface area contributed by atoms with E-state index >= 15 is 0 Å². The van der Waals surface area contributed by atoms with Crippen molar-refractivity contribution >= 4 is 26.7 Å². The van der Waals surface area contributed by atoms with E-state index in [1.165, 1.54) is 37.1 Å². The fraction of sp³-hybridized carbons (Fsp3) is 0.533. The Balaban J connectivity index is 1.60. The van der Waals surface area contributed by atoms with Crippen molar-refractivity contribution in [2.75, 3.05) is 25.0 Å². The highest BCUT2D eigenvalue weighted by molar-refractivity contribution is 7.22. The minimum Gasteiger partial charge on any atom is -0.358 e. The van der Waals surface area contributed by atoms with Crippen LogP contribution in [0, 0.1) is 0 Å². The molecule has 0 amide bonds. The average Bonchev–Trinajstić information content (AvgIpc) is 2.81. The van der Waals surface area contributed by atoms with Crippen LogP contribution in [0.25, 0.3) is 10.2 Å². The Morgan fingerprint density at radius 1 is 1.26 bits per heavy atom. The molecule has 0 radical (unpaired) electrons. The zero-order chi connectivity index (χ0) is 13.1. The second kappa shape index (κ2) is 5.88. The lowest BCUT2D eigenvalue weighted by atomic mass is 10.1. The molecule has 1 N–H and O–H groups in total. The third-order valence-corrected chi connectivity index (χ3v) is 4.61. The molecule has 3 nitrogen and oxygen atoms in total. The molecule has 1 aliphatic rings. The molecule has 0 bridgehead atoms. The van der Waals surface area contributed by atoms with E-state index in [0.29, 0.717) is 6.04 Å². The Morgan fingerprint density at radius 3 is 2.84 bits per heavy atom. The minimum absolute atomic E-state index is 0.457. The van der Waals surface area contributed by atoms with Crippen molar-refractivity contribution in [1.29, 1.82) is 0 Å². The van der Waals surface area contributed by atoms with Crippen molar-refractivity contribution in [3.05, 3.63) is 24.3 Å². The maximum absolute atomic E-state index is 4.63. The van der Waals surface area contributed by atoms with Gasteiger partial charge in [-0.05, 0) is 45.0 Å². The first-order chi connectivity index (χ1) is 9.31. The molecular formula is C15H21N3S. The van der Waals surface area contributed by atoms with E-state index in [2.05, 4.69) is 40.3 Å². The van der Waals surface area contributed by atoms with Crippen LogP contribution in [-0.2, 0) is 0 Å². The van der Waals surface area contributed by atoms with Gasteiger partial charge in [-0.15, -0.1) is 0 Å². The Morgan fingerprint density at radius 2 is 2.05 bits per heavy atom. The van der Waals surface area contributed by atoms with Crippen molar-refractivity contribution in [2.24, 2.45) is 0 Å². The highest BCUT2D eigenvalue weighted by atomic mass is 32.1. The van der Waals surface area contributed by atoms with E-state index in [1.54, 1.807) is 11.3 Å². The Bertz CT molecular complexity index is 498. The Kier molecular flexibility index (Phi) is 3.99. The molecule has 0 unspecified atom stereocenters. The molecule has 0 aliphatic carbocycles. The number of rotatable bonds is 4. The first-order valence-corrected chi connectivity index (χ1v) is 7.97. The number of fused-ring (bicyclic) bond motifs is 1. The molecule has 19 heavy (non-hydrogen) atoms. The summed E-state index contributed by atoms with van der Waals surface area (Å²) in [6, 6.07) is 8.78. The maximum Gasteiger partial charge on any atom is 0.184 e. The Hall–Kier alpha value is -1.13. The van der Waals surface area contributed by atoms with Crippen molar-refractivity contribution in [2.45, 2.75) is 32.2 Å². The van der Waals surface area contributed by atoms with Crippen LogP contribution in [0.2, 0.25) is 0 Å². The van der Waals surface area contributed by atoms with Gasteiger partial charge in [-0.1, -0.05) is 29.9 Å². The molecule has 4 heteroatoms. The van der Waals surface area contributed by atoms with E-state index in [-0.39, 0.29) is 0 Å². The zero-order valence-corrected chi connectivity index (χ0v) is 12.2. The number of aromatic nitrogens is 1. The molecule has 1 aromatic heterocycles. The number of hydrogen-bond acceptors (Lipinski definition) is 4. The monoisotopic (exact) mass is 275 g/mol. The van der Waals surface area contributed by atoms with Crippen molar-refractivity contribution < 1.29 is 0 Å². The summed E-state index contributed by atoms with van der Waals surface area (Å²) < 4.78 is 1.26. The van der Waals surface area contributed by atoms with E-state index in [0.717, 1.165) is 17.2 Å². The molecule has 2 heterocycles. The highest BCUT2D eigenvalue weighted by Crippen LogP contribution is 2.25. The summed E-state index contributed by atoms with van der Waals surface area (Å²) in [6.07, 6.45) is 4.11. The quantitative estimate of drug-likeness (QED) is 0.924. The fourth-order valence-corrected chi connectivity index (χ4v) is 3.70. The van der Waals surface area contributed by atoms with E-state index < -0.39 is 0 Å². The molecule has 0 saturated carbocycles. The van der Waals surface area contributed by atoms with Crippen LogP contribution in [0.3, 0.4) is 0 Å². The topological polar surface area (TPSA) is 28.2 Å². The molecule has 1 aromatic carbocycles. The van der Waals surface area contributed by atoms with E-state index in [1.807, 2.05) is 6.07 Å². The van der Waals surface area contributed by atoms with Gasteiger partial charge in [0.15, 0.2) is 5.13 Å². The molecule has 1 atom stereocenters. The molecule has 3 rings (SSSR count). The SMILES string of the molecule is C[C@@H](CN1CCCCC1)Nc1nc2ccccc2s1. The van der Waals surface area contributed by atoms with Crippen LogP contribution in [0.5, 0.6) is 0 Å². The van der Waals surface area contributed by atoms with Gasteiger partial charge in [-0.3, -0.25) is 0 Å². The van der Waals surface area contributed by atoms with Crippen LogP contribution in [0.4, 0.5) is 5.13 Å². The molecule has 1 saturated heterocycles. The first kappa shape index (κ1) is 12.9. The third-order valence-electron chi connectivity index (χ3n) is 3.64. The van der Waals surface area contributed by atoms with Crippen LogP contribution < -0.4 is 5.32 Å². The number of thiazole rings is 1. The number of piperidine rings is 1. The van der Waals surface area contributed by atoms with Gasteiger partial charge in [0.25, 0.3) is 0 Å². The van der Waals surface area contributed by atoms with Gasteiger partial charge >= 0.3 is 0 Å². The van der Waals surface area contributed by atoms with Crippen LogP contribution in [0.15, 0.2) is 24.3 Å². The second-order valence-electron chi connectivity index (χ2n) is 5.39. The smallest absolute Gasteiger partial charge is 0.184 e. The van der Waals surface area contributed by atoms with Gasteiger partial charge in [0.2, 0.25) is 0 Å². The van der Waals surface area contributed by atoms with Gasteiger partial charge in [0.05, 0.1) is 10.2 Å². The number of nitrogens with zero attached hydrogens (tertiary/aromatic N) is 2. The molecule has 1 fully saturated rings. The van der Waals surface area contributed by atoms with Gasteiger partial charge < -0.3 is 10.2 Å². The predicted molar refractivity (Wildman–Crippen MR) is 83.0 cm³/mol. The second-order valence-corrected chi connectivity index (χ2v) is 6.42. The number of nitrogens with one attached hydrogen (secondary N) is 1. The molecule has 102 valence electrons.